The van der Waals surface area contributed by atoms with Crippen LogP contribution in [0.25, 0.3) is 0 Å². The molecule has 0 unspecified atom stereocenters. The van der Waals surface area contributed by atoms with Gasteiger partial charge < -0.3 is 0 Å². The number of rotatable bonds is 4. The minimum Gasteiger partial charge on any atom is -0.267 e. The molecule has 0 amide bonds. The van der Waals surface area contributed by atoms with Crippen LogP contribution in [-0.4, -0.2) is 19.9 Å². The Balaban J connectivity index is 2.57. The van der Waals surface area contributed by atoms with Crippen molar-refractivity contribution in [2.45, 2.75) is 18.7 Å². The van der Waals surface area contributed by atoms with Crippen molar-refractivity contribution in [1.82, 2.24) is 4.98 Å². The minimum absolute atomic E-state index is 0.0121. The molecule has 0 spiro atoms. The molecule has 0 atom stereocenters. The third kappa shape index (κ3) is 3.39. The number of pyridine rings is 1. The second kappa shape index (κ2) is 6.34. The smallest absolute Gasteiger partial charge is 0.267 e. The quantitative estimate of drug-likeness (QED) is 0.742. The number of hydrogen-bond donors (Lipinski definition) is 0. The molecule has 2 aromatic rings. The lowest BCUT2D eigenvalue weighted by atomic mass is 10.2. The standard InChI is InChI=1S/C14H14BrClN2O2S/c1-3-18(12-6-4-5-10(2)7-12)21(19,20)13-8-11(15)9-17-14(13)16/h4-9H,3H2,1-2H3. The normalized spacial score (nSPS) is 11.4. The fourth-order valence-corrected chi connectivity index (χ4v) is 4.37. The molecule has 0 aliphatic heterocycles. The third-order valence-corrected chi connectivity index (χ3v) is 5.68. The van der Waals surface area contributed by atoms with E-state index in [-0.39, 0.29) is 10.0 Å². The number of sulfonamides is 1. The Morgan fingerprint density at radius 3 is 2.67 bits per heavy atom. The van der Waals surface area contributed by atoms with Crippen LogP contribution < -0.4 is 4.31 Å². The summed E-state index contributed by atoms with van der Waals surface area (Å²) in [5, 5.41) is -0.0377. The molecule has 1 heterocycles. The van der Waals surface area contributed by atoms with E-state index in [1.54, 1.807) is 13.0 Å². The molecule has 112 valence electrons. The molecule has 1 aromatic carbocycles. The third-order valence-electron chi connectivity index (χ3n) is 2.92. The first kappa shape index (κ1) is 16.3. The van der Waals surface area contributed by atoms with Gasteiger partial charge in [-0.2, -0.15) is 0 Å². The van der Waals surface area contributed by atoms with Gasteiger partial charge >= 0.3 is 0 Å². The zero-order valence-electron chi connectivity index (χ0n) is 11.5. The van der Waals surface area contributed by atoms with Crippen LogP contribution in [0.4, 0.5) is 5.69 Å². The van der Waals surface area contributed by atoms with E-state index in [4.69, 9.17) is 11.6 Å². The van der Waals surface area contributed by atoms with Crippen LogP contribution in [0.3, 0.4) is 0 Å². The Bertz CT molecular complexity index is 765. The van der Waals surface area contributed by atoms with Crippen molar-refractivity contribution in [1.29, 1.82) is 0 Å². The second-order valence-corrected chi connectivity index (χ2v) is 7.56. The first-order chi connectivity index (χ1) is 9.86. The predicted molar refractivity (Wildman–Crippen MR) is 88.3 cm³/mol. The number of nitrogens with zero attached hydrogens (tertiary/aromatic N) is 2. The summed E-state index contributed by atoms with van der Waals surface area (Å²) in [7, 11) is -3.77. The Morgan fingerprint density at radius 1 is 1.33 bits per heavy atom. The summed E-state index contributed by atoms with van der Waals surface area (Å²) >= 11 is 9.19. The number of halogens is 2. The Hall–Kier alpha value is -1.11. The molecule has 0 aliphatic rings. The molecule has 4 nitrogen and oxygen atoms in total. The van der Waals surface area contributed by atoms with Crippen LogP contribution in [0.2, 0.25) is 5.15 Å². The molecule has 7 heteroatoms. The minimum atomic E-state index is -3.77. The largest absolute Gasteiger partial charge is 0.267 e. The van der Waals surface area contributed by atoms with E-state index in [2.05, 4.69) is 20.9 Å². The highest BCUT2D eigenvalue weighted by atomic mass is 79.9. The molecule has 0 saturated heterocycles. The molecule has 0 radical (unpaired) electrons. The van der Waals surface area contributed by atoms with E-state index >= 15 is 0 Å². The maximum atomic E-state index is 12.8. The molecular formula is C14H14BrClN2O2S. The summed E-state index contributed by atoms with van der Waals surface area (Å²) < 4.78 is 27.5. The average Bonchev–Trinajstić information content (AvgIpc) is 2.42. The topological polar surface area (TPSA) is 50.3 Å². The summed E-state index contributed by atoms with van der Waals surface area (Å²) in [5.41, 5.74) is 1.59. The van der Waals surface area contributed by atoms with Gasteiger partial charge in [-0.05, 0) is 53.5 Å². The molecule has 21 heavy (non-hydrogen) atoms. The van der Waals surface area contributed by atoms with E-state index < -0.39 is 10.0 Å². The van der Waals surface area contributed by atoms with Crippen LogP contribution in [-0.2, 0) is 10.0 Å². The first-order valence-electron chi connectivity index (χ1n) is 6.26. The fraction of sp³-hybridized carbons (Fsp3) is 0.214. The molecule has 0 bridgehead atoms. The molecule has 0 N–H and O–H groups in total. The summed E-state index contributed by atoms with van der Waals surface area (Å²) in [4.78, 5) is 3.87. The predicted octanol–water partition coefficient (Wildman–Crippen LogP) is 4.02. The van der Waals surface area contributed by atoms with Gasteiger partial charge in [0.25, 0.3) is 10.0 Å². The van der Waals surface area contributed by atoms with Crippen molar-refractivity contribution in [3.8, 4) is 0 Å². The number of aryl methyl sites for hydroxylation is 1. The maximum absolute atomic E-state index is 12.8. The van der Waals surface area contributed by atoms with Crippen molar-refractivity contribution in [2.24, 2.45) is 0 Å². The molecule has 2 rings (SSSR count). The Kier molecular flexibility index (Phi) is 4.91. The lowest BCUT2D eigenvalue weighted by Crippen LogP contribution is -2.31. The van der Waals surface area contributed by atoms with Gasteiger partial charge in [0.15, 0.2) is 0 Å². The molecule has 0 aliphatic carbocycles. The van der Waals surface area contributed by atoms with Crippen LogP contribution in [0.1, 0.15) is 12.5 Å². The van der Waals surface area contributed by atoms with E-state index in [1.165, 1.54) is 16.6 Å². The summed E-state index contributed by atoms with van der Waals surface area (Å²) in [6.45, 7) is 3.99. The van der Waals surface area contributed by atoms with E-state index in [1.807, 2.05) is 25.1 Å². The summed E-state index contributed by atoms with van der Waals surface area (Å²) in [6, 6.07) is 8.78. The van der Waals surface area contributed by atoms with Gasteiger partial charge in [0, 0.05) is 17.2 Å². The summed E-state index contributed by atoms with van der Waals surface area (Å²) in [6.07, 6.45) is 1.46. The summed E-state index contributed by atoms with van der Waals surface area (Å²) in [5.74, 6) is 0. The van der Waals surface area contributed by atoms with Crippen molar-refractivity contribution < 1.29 is 8.42 Å². The van der Waals surface area contributed by atoms with Crippen molar-refractivity contribution in [3.63, 3.8) is 0 Å². The Morgan fingerprint density at radius 2 is 2.05 bits per heavy atom. The highest BCUT2D eigenvalue weighted by Crippen LogP contribution is 2.29. The van der Waals surface area contributed by atoms with Crippen molar-refractivity contribution in [2.75, 3.05) is 10.8 Å². The van der Waals surface area contributed by atoms with Crippen LogP contribution in [0.5, 0.6) is 0 Å². The van der Waals surface area contributed by atoms with Crippen LogP contribution >= 0.6 is 27.5 Å². The number of benzene rings is 1. The van der Waals surface area contributed by atoms with Gasteiger partial charge in [-0.3, -0.25) is 4.31 Å². The monoisotopic (exact) mass is 388 g/mol. The van der Waals surface area contributed by atoms with Gasteiger partial charge in [0.05, 0.1) is 5.69 Å². The zero-order valence-corrected chi connectivity index (χ0v) is 14.7. The van der Waals surface area contributed by atoms with Gasteiger partial charge in [0.1, 0.15) is 10.0 Å². The fourth-order valence-electron chi connectivity index (χ4n) is 1.98. The van der Waals surface area contributed by atoms with Gasteiger partial charge in [-0.15, -0.1) is 0 Å². The second-order valence-electron chi connectivity index (χ2n) is 4.45. The first-order valence-corrected chi connectivity index (χ1v) is 8.88. The van der Waals surface area contributed by atoms with E-state index in [0.717, 1.165) is 5.56 Å². The molecule has 1 aromatic heterocycles. The van der Waals surface area contributed by atoms with E-state index in [0.29, 0.717) is 16.7 Å². The highest BCUT2D eigenvalue weighted by Gasteiger charge is 2.27. The van der Waals surface area contributed by atoms with Crippen molar-refractivity contribution in [3.05, 3.63) is 51.7 Å². The van der Waals surface area contributed by atoms with Gasteiger partial charge in [-0.1, -0.05) is 23.7 Å². The number of hydrogen-bond acceptors (Lipinski definition) is 3. The molecular weight excluding hydrogens is 376 g/mol. The number of aromatic nitrogens is 1. The molecule has 0 saturated carbocycles. The number of anilines is 1. The van der Waals surface area contributed by atoms with Crippen LogP contribution in [0.15, 0.2) is 45.9 Å². The Labute approximate surface area is 137 Å². The van der Waals surface area contributed by atoms with Gasteiger partial charge in [0.2, 0.25) is 0 Å². The van der Waals surface area contributed by atoms with Crippen molar-refractivity contribution >= 4 is 43.2 Å². The SMILES string of the molecule is CCN(c1cccc(C)c1)S(=O)(=O)c1cc(Br)cnc1Cl. The van der Waals surface area contributed by atoms with Gasteiger partial charge in [-0.25, -0.2) is 13.4 Å². The average molecular weight is 390 g/mol. The lowest BCUT2D eigenvalue weighted by molar-refractivity contribution is 0.591. The highest BCUT2D eigenvalue weighted by molar-refractivity contribution is 9.10. The lowest BCUT2D eigenvalue weighted by Gasteiger charge is -2.23. The van der Waals surface area contributed by atoms with E-state index in [9.17, 15) is 8.42 Å². The maximum Gasteiger partial charge on any atom is 0.267 e. The van der Waals surface area contributed by atoms with Crippen LogP contribution in [0, 0.1) is 6.92 Å². The zero-order chi connectivity index (χ0) is 15.6. The molecule has 0 fully saturated rings.